The van der Waals surface area contributed by atoms with E-state index >= 15 is 0 Å². The van der Waals surface area contributed by atoms with E-state index in [9.17, 15) is 0 Å². The van der Waals surface area contributed by atoms with Crippen LogP contribution in [0.25, 0.3) is 0 Å². The Morgan fingerprint density at radius 3 is 0.534 bits per heavy atom. The summed E-state index contributed by atoms with van der Waals surface area (Å²) in [6.45, 7) is 41.6. The summed E-state index contributed by atoms with van der Waals surface area (Å²) < 4.78 is 0. The summed E-state index contributed by atoms with van der Waals surface area (Å²) in [5.41, 5.74) is 0. The lowest BCUT2D eigenvalue weighted by Crippen LogP contribution is -2.62. The Kier molecular flexibility index (Phi) is 11.2. The monoisotopic (exact) mass is 805 g/mol. The number of rotatable bonds is 0. The van der Waals surface area contributed by atoms with Crippen LogP contribution in [0.1, 0.15) is 111 Å². The second-order valence-corrected chi connectivity index (χ2v) is 24.4. The molecule has 4 saturated carbocycles. The molecule has 8 nitrogen and oxygen atoms in total. The van der Waals surface area contributed by atoms with Crippen molar-refractivity contribution in [1.82, 2.24) is 41.7 Å². The predicted octanol–water partition coefficient (Wildman–Crippen LogP) is 7.23. The lowest BCUT2D eigenvalue weighted by molar-refractivity contribution is -0.0159. The van der Waals surface area contributed by atoms with Gasteiger partial charge in [-0.25, -0.2) is 0 Å². The lowest BCUT2D eigenvalue weighted by Gasteiger charge is -2.50. The number of nitrogens with zero attached hydrogens (tertiary/aromatic N) is 2. The van der Waals surface area contributed by atoms with E-state index in [1.54, 1.807) is 0 Å². The summed E-state index contributed by atoms with van der Waals surface area (Å²) in [6.07, 6.45) is 2.44. The van der Waals surface area contributed by atoms with Crippen LogP contribution in [0.4, 0.5) is 0 Å². The number of hydrogen-bond donors (Lipinski definition) is 6. The molecule has 0 spiro atoms. The molecule has 9 rings (SSSR count). The normalized spacial score (nSPS) is 64.9. The fourth-order valence-corrected chi connectivity index (χ4v) is 18.1. The van der Waals surface area contributed by atoms with E-state index in [0.29, 0.717) is 167 Å². The van der Waals surface area contributed by atoms with E-state index in [2.05, 4.69) is 167 Å². The third-order valence-electron chi connectivity index (χ3n) is 23.5. The Balaban J connectivity index is 1.19. The minimum absolute atomic E-state index is 0.282. The van der Waals surface area contributed by atoms with Crippen molar-refractivity contribution in [2.24, 2.45) is 142 Å². The zero-order chi connectivity index (χ0) is 41.9. The highest BCUT2D eigenvalue weighted by molar-refractivity contribution is 5.15. The molecule has 5 aliphatic heterocycles. The maximum absolute atomic E-state index is 4.60. The molecule has 5 saturated heterocycles. The molecule has 332 valence electrons. The Labute approximate surface area is 356 Å². The summed E-state index contributed by atoms with van der Waals surface area (Å²) in [5, 5.41) is 27.3. The molecule has 0 radical (unpaired) electrons. The van der Waals surface area contributed by atoms with Gasteiger partial charge >= 0.3 is 0 Å². The Bertz CT molecular complexity index is 1280. The van der Waals surface area contributed by atoms with Crippen LogP contribution in [0.5, 0.6) is 0 Å². The van der Waals surface area contributed by atoms with Crippen molar-refractivity contribution in [2.75, 3.05) is 14.1 Å². The minimum Gasteiger partial charge on any atom is -0.286 e. The van der Waals surface area contributed by atoms with Crippen molar-refractivity contribution < 1.29 is 0 Å². The number of hydrogen-bond acceptors (Lipinski definition) is 8. The van der Waals surface area contributed by atoms with Crippen molar-refractivity contribution in [2.45, 2.75) is 160 Å². The predicted molar refractivity (Wildman–Crippen MR) is 239 cm³/mol. The van der Waals surface area contributed by atoms with Crippen LogP contribution in [0, 0.1) is 142 Å². The summed E-state index contributed by atoms with van der Waals surface area (Å²) in [6, 6.07) is 0. The van der Waals surface area contributed by atoms with Gasteiger partial charge in [0.05, 0.1) is 49.3 Å². The second kappa shape index (κ2) is 15.2. The van der Waals surface area contributed by atoms with Crippen molar-refractivity contribution in [3.63, 3.8) is 0 Å². The first-order valence-electron chi connectivity index (χ1n) is 25.3. The smallest absolute Gasteiger partial charge is 0.0655 e. The average molecular weight is 805 g/mol. The molecule has 0 aromatic rings. The van der Waals surface area contributed by atoms with Crippen molar-refractivity contribution in [3.8, 4) is 0 Å². The Morgan fingerprint density at radius 2 is 0.362 bits per heavy atom. The molecule has 0 aromatic heterocycles. The second-order valence-electron chi connectivity index (χ2n) is 24.4. The summed E-state index contributed by atoms with van der Waals surface area (Å²) in [5.74, 6) is 15.7. The standard InChI is InChI=1S/C50H92N8/c1-19-20(2)28(10)36-35(27(19)9)43-51-44(36)54-48-41-33(15)25(7)26(8)34(16)42(41)50(58(48)18)56-46-38-30(12)22(4)21(3)29(11)37(38)45(52-46)55-49-40-32(14)24(6)23(5)31(13)39(40)47(53-43)57(49)17/h19-56H,1-18H3. The number of nitrogens with one attached hydrogen (secondary N) is 6. The van der Waals surface area contributed by atoms with E-state index in [1.807, 2.05) is 0 Å². The zero-order valence-electron chi connectivity index (χ0n) is 40.4. The van der Waals surface area contributed by atoms with Gasteiger partial charge in [-0.05, 0) is 156 Å². The van der Waals surface area contributed by atoms with E-state index in [-0.39, 0.29) is 24.7 Å². The average Bonchev–Trinajstić information content (AvgIpc) is 3.90. The van der Waals surface area contributed by atoms with Crippen LogP contribution in [0.2, 0.25) is 0 Å². The third-order valence-corrected chi connectivity index (χ3v) is 23.5. The van der Waals surface area contributed by atoms with Gasteiger partial charge in [-0.3, -0.25) is 41.7 Å². The van der Waals surface area contributed by atoms with Gasteiger partial charge in [0.25, 0.3) is 0 Å². The van der Waals surface area contributed by atoms with Crippen LogP contribution in [0.3, 0.4) is 0 Å². The Morgan fingerprint density at radius 1 is 0.207 bits per heavy atom. The largest absolute Gasteiger partial charge is 0.286 e. The van der Waals surface area contributed by atoms with Gasteiger partial charge in [-0.1, -0.05) is 111 Å². The fraction of sp³-hybridized carbons (Fsp3) is 1.00. The highest BCUT2D eigenvalue weighted by Gasteiger charge is 2.64. The maximum Gasteiger partial charge on any atom is 0.0655 e. The number of fused-ring (bicyclic) bond motifs is 20. The molecule has 6 N–H and O–H groups in total. The maximum atomic E-state index is 4.60. The first kappa shape index (κ1) is 43.0. The van der Waals surface area contributed by atoms with Crippen LogP contribution in [0.15, 0.2) is 0 Å². The van der Waals surface area contributed by atoms with Gasteiger partial charge in [-0.15, -0.1) is 0 Å². The molecule has 32 atom stereocenters. The van der Waals surface area contributed by atoms with Crippen LogP contribution in [-0.2, 0) is 0 Å². The van der Waals surface area contributed by atoms with E-state index in [4.69, 9.17) is 0 Å². The molecule has 4 aliphatic carbocycles. The SMILES string of the molecule is CC1C(C)C(C)C2C3NC(NC4C5C(C)C(C)C(C)C(C)C5C(NC5NC(NC6C7C(C)C(C)C(C)C(C)C7C(N3)N6C)C3C(C)C(C)C(C)C(C)C53)N4C)C2C1C. The van der Waals surface area contributed by atoms with Crippen molar-refractivity contribution >= 4 is 0 Å². The molecule has 0 aromatic carbocycles. The fourth-order valence-electron chi connectivity index (χ4n) is 18.1. The summed E-state index contributed by atoms with van der Waals surface area (Å²) in [4.78, 5) is 5.66. The molecule has 58 heavy (non-hydrogen) atoms. The quantitative estimate of drug-likeness (QED) is 0.153. The molecule has 8 bridgehead atoms. The molecule has 0 amide bonds. The molecule has 8 heteroatoms. The summed E-state index contributed by atoms with van der Waals surface area (Å²) in [7, 11) is 4.99. The first-order chi connectivity index (χ1) is 27.3. The van der Waals surface area contributed by atoms with Gasteiger partial charge in [0, 0.05) is 0 Å². The van der Waals surface area contributed by atoms with Gasteiger partial charge in [0.1, 0.15) is 0 Å². The topological polar surface area (TPSA) is 78.7 Å². The molecule has 5 heterocycles. The third kappa shape index (κ3) is 5.92. The lowest BCUT2D eigenvalue weighted by atomic mass is 9.57. The van der Waals surface area contributed by atoms with Gasteiger partial charge < -0.3 is 0 Å². The van der Waals surface area contributed by atoms with Gasteiger partial charge in [0.15, 0.2) is 0 Å². The van der Waals surface area contributed by atoms with Crippen molar-refractivity contribution in [3.05, 3.63) is 0 Å². The minimum atomic E-state index is 0.282. The summed E-state index contributed by atoms with van der Waals surface area (Å²) >= 11 is 0. The van der Waals surface area contributed by atoms with E-state index < -0.39 is 0 Å². The van der Waals surface area contributed by atoms with E-state index in [1.165, 1.54) is 0 Å². The molecule has 32 unspecified atom stereocenters. The molecule has 9 fully saturated rings. The van der Waals surface area contributed by atoms with Crippen LogP contribution < -0.4 is 31.9 Å². The molecular formula is C50H92N8. The van der Waals surface area contributed by atoms with Gasteiger partial charge in [0.2, 0.25) is 0 Å². The highest BCUT2D eigenvalue weighted by atomic mass is 15.5. The first-order valence-corrected chi connectivity index (χ1v) is 25.3. The van der Waals surface area contributed by atoms with Gasteiger partial charge in [-0.2, -0.15) is 0 Å². The van der Waals surface area contributed by atoms with E-state index in [0.717, 1.165) is 0 Å². The molecular weight excluding hydrogens is 713 g/mol. The van der Waals surface area contributed by atoms with Crippen LogP contribution >= 0.6 is 0 Å². The van der Waals surface area contributed by atoms with Crippen molar-refractivity contribution in [1.29, 1.82) is 0 Å². The Hall–Kier alpha value is -0.320. The highest BCUT2D eigenvalue weighted by Crippen LogP contribution is 2.58. The molecule has 9 aliphatic rings. The van der Waals surface area contributed by atoms with Crippen LogP contribution in [-0.4, -0.2) is 73.2 Å². The zero-order valence-corrected chi connectivity index (χ0v) is 40.4.